The lowest BCUT2D eigenvalue weighted by Gasteiger charge is -2.34. The number of piperazine rings is 2. The maximum atomic E-state index is 12.2. The van der Waals surface area contributed by atoms with Gasteiger partial charge in [0.15, 0.2) is 14.7 Å². The summed E-state index contributed by atoms with van der Waals surface area (Å²) in [6.07, 6.45) is 15.0. The standard InChI is InChI=1S/C19H26N4O2.C19H25N3O2.C18H26N4O3S.C18H25N3O3S.C18H23N3O3.C17H23N3O4S/c1-3-18(24)14-21-19(25)16(13-20)12-15-4-6-17(7-5-15)23-10-8-22(2)9-11-23;1-2-18(23)14-21-19(24)16(13-20)12-15-6-8-17(9-7-15)22-10-4-3-5-11-22;1-3-17(23)14-20-26(24,25)18(13-19)12-15-4-6-16(7-5-15)22-10-8-21(2)9-11-22;1-2-17(22)14-20-25(23,24)18(13-19)12-15-6-8-16(9-7-15)21-10-4-3-5-11-21;1-2-17(22)13-20-18(23)15(12-19)11-14-3-5-16(6-4-14)21-7-9-24-10-8-21;1-2-16(21)13-19-25(22,23)17(12-18)11-14-3-5-15(6-4-14)20-7-9-24-10-8-20/h4-7,12,18,24H,3,8-11,14H2,1-2H3,(H,21,25);6-9,12,18,23H,2-5,10-11,14H2,1H3,(H,21,24);4-7,12,17,20,23H,3,8-11,14H2,1-2H3;6-9,12,17,20,22H,2-5,10-11,14H2,1H3;3-6,11,17,22H,2,7-10,13H2,1H3,(H,20,23);3-6,11,16,19,21H,2,7-10,13H2,1H3/b2*16-12+;2*18-12+;15-11+;17-11+. The zero-order valence-electron chi connectivity index (χ0n) is 86.8. The normalized spacial score (nSPS) is 17.0. The summed E-state index contributed by atoms with van der Waals surface area (Å²) in [5.41, 5.74) is 11.1. The largest absolute Gasteiger partial charge is 0.392 e. The highest BCUT2D eigenvalue weighted by Crippen LogP contribution is 2.28. The number of nitriles is 6. The fourth-order valence-corrected chi connectivity index (χ4v) is 18.2. The van der Waals surface area contributed by atoms with Crippen LogP contribution in [-0.2, 0) is 53.9 Å². The Labute approximate surface area is 880 Å². The van der Waals surface area contributed by atoms with Crippen LogP contribution in [0.5, 0.6) is 0 Å². The second kappa shape index (κ2) is 65.9. The van der Waals surface area contributed by atoms with Crippen molar-refractivity contribution in [2.75, 3.05) is 214 Å². The first-order valence-electron chi connectivity index (χ1n) is 50.8. The Hall–Kier alpha value is -12.8. The van der Waals surface area contributed by atoms with Crippen LogP contribution in [0.4, 0.5) is 34.1 Å². The summed E-state index contributed by atoms with van der Waals surface area (Å²) >= 11 is 0. The molecule has 12 rings (SSSR count). The summed E-state index contributed by atoms with van der Waals surface area (Å²) in [5, 5.41) is 120. The van der Waals surface area contributed by atoms with Crippen LogP contribution in [0, 0.1) is 68.0 Å². The molecule has 0 saturated carbocycles. The first-order valence-corrected chi connectivity index (χ1v) is 55.3. The van der Waals surface area contributed by atoms with Gasteiger partial charge in [-0.1, -0.05) is 114 Å². The second-order valence-corrected chi connectivity index (χ2v) is 41.6. The molecule has 6 aliphatic heterocycles. The molecule has 6 atom stereocenters. The van der Waals surface area contributed by atoms with Crippen molar-refractivity contribution in [3.05, 3.63) is 210 Å². The molecule has 6 aromatic rings. The fourth-order valence-electron chi connectivity index (χ4n) is 15.3. The number of nitrogens with zero attached hydrogens (tertiary/aromatic N) is 14. The summed E-state index contributed by atoms with van der Waals surface area (Å²) in [7, 11) is -7.58. The average molecular weight is 2110 g/mol. The number of hydrogen-bond acceptors (Lipinski definition) is 31. The van der Waals surface area contributed by atoms with E-state index in [9.17, 15) is 102 Å². The number of carbonyl (C=O) groups excluding carboxylic acids is 3. The van der Waals surface area contributed by atoms with E-state index >= 15 is 0 Å². The number of nitrogens with one attached hydrogen (secondary N) is 6. The third-order valence-corrected chi connectivity index (χ3v) is 29.3. The molecule has 6 heterocycles. The van der Waals surface area contributed by atoms with Gasteiger partial charge in [-0.3, -0.25) is 14.4 Å². The Balaban J connectivity index is 0.000000242. The van der Waals surface area contributed by atoms with Crippen molar-refractivity contribution in [2.45, 2.75) is 155 Å². The van der Waals surface area contributed by atoms with Crippen LogP contribution < -0.4 is 59.5 Å². The lowest BCUT2D eigenvalue weighted by molar-refractivity contribution is -0.118. The van der Waals surface area contributed by atoms with Gasteiger partial charge in [0.05, 0.1) is 63.1 Å². The summed E-state index contributed by atoms with van der Waals surface area (Å²) in [6.45, 7) is 29.3. The Morgan fingerprint density at radius 2 is 0.470 bits per heavy atom. The van der Waals surface area contributed by atoms with Gasteiger partial charge < -0.3 is 95.3 Å². The fraction of sp³-hybridized carbons (Fsp3) is 0.477. The molecule has 6 aromatic carbocycles. The number of benzene rings is 6. The smallest absolute Gasteiger partial charge is 0.262 e. The van der Waals surface area contributed by atoms with E-state index in [-0.39, 0.29) is 70.7 Å². The highest BCUT2D eigenvalue weighted by Gasteiger charge is 2.26. The van der Waals surface area contributed by atoms with E-state index in [0.717, 1.165) is 163 Å². The van der Waals surface area contributed by atoms with Gasteiger partial charge in [-0.15, -0.1) is 0 Å². The van der Waals surface area contributed by atoms with Crippen LogP contribution >= 0.6 is 0 Å². The lowest BCUT2D eigenvalue weighted by atomic mass is 10.1. The minimum absolute atomic E-state index is 0.0254. The third kappa shape index (κ3) is 43.8. The van der Waals surface area contributed by atoms with Crippen molar-refractivity contribution in [1.29, 1.82) is 31.6 Å². The minimum atomic E-state index is -3.94. The Morgan fingerprint density at radius 1 is 0.282 bits per heavy atom. The SMILES string of the molecule is CCC(O)CNC(=O)/C(C#N)=C/c1ccc(N2CCCCC2)cc1.CCC(O)CNC(=O)/C(C#N)=C/c1ccc(N2CCN(C)CC2)cc1.CCC(O)CNC(=O)/C(C#N)=C/c1ccc(N2CCOCC2)cc1.CCC(O)CNS(=O)(=O)/C(C#N)=C/c1ccc(N2CCCCC2)cc1.CCC(O)CNS(=O)(=O)/C(C#N)=C/c1ccc(N2CCN(C)CC2)cc1.CCC(O)CNS(=O)(=O)/C(C#N)=C/c1ccc(N2CCOCC2)cc1. The van der Waals surface area contributed by atoms with E-state index in [0.29, 0.717) is 68.4 Å². The molecule has 40 heteroatoms. The quantitative estimate of drug-likeness (QED) is 0.0126. The zero-order valence-corrected chi connectivity index (χ0v) is 89.3. The third-order valence-electron chi connectivity index (χ3n) is 25.3. The number of allylic oxidation sites excluding steroid dienone is 3. The van der Waals surface area contributed by atoms with Crippen LogP contribution in [0.25, 0.3) is 36.5 Å². The Morgan fingerprint density at radius 3 is 0.664 bits per heavy atom. The molecule has 0 spiro atoms. The van der Waals surface area contributed by atoms with Crippen molar-refractivity contribution in [1.82, 2.24) is 39.9 Å². The summed E-state index contributed by atoms with van der Waals surface area (Å²) < 4.78 is 90.5. The second-order valence-electron chi connectivity index (χ2n) is 36.4. The van der Waals surface area contributed by atoms with Crippen molar-refractivity contribution in [3.63, 3.8) is 0 Å². The number of piperidine rings is 2. The first-order chi connectivity index (χ1) is 71.6. The molecule has 0 aliphatic carbocycles. The van der Waals surface area contributed by atoms with Crippen LogP contribution in [0.1, 0.15) is 152 Å². The number of rotatable bonds is 39. The maximum Gasteiger partial charge on any atom is 0.262 e. The molecule has 6 saturated heterocycles. The molecular weight excluding hydrogens is 1960 g/mol. The number of amides is 3. The molecule has 6 aliphatic rings. The Kier molecular flexibility index (Phi) is 54.5. The molecule has 0 aromatic heterocycles. The molecule has 12 N–H and O–H groups in total. The maximum absolute atomic E-state index is 12.2. The molecule has 149 heavy (non-hydrogen) atoms. The minimum Gasteiger partial charge on any atom is -0.392 e. The number of carbonyl (C=O) groups is 3. The highest BCUT2D eigenvalue weighted by atomic mass is 32.2. The topological polar surface area (TPSA) is 534 Å². The molecule has 0 radical (unpaired) electrons. The number of morpholine rings is 2. The number of aliphatic hydroxyl groups is 6. The van der Waals surface area contributed by atoms with Gasteiger partial charge in [0, 0.05) is 178 Å². The highest BCUT2D eigenvalue weighted by molar-refractivity contribution is 7.94. The number of hydrogen-bond donors (Lipinski definition) is 12. The van der Waals surface area contributed by atoms with Crippen molar-refractivity contribution in [2.24, 2.45) is 0 Å². The van der Waals surface area contributed by atoms with E-state index in [1.807, 2.05) is 160 Å². The van der Waals surface area contributed by atoms with E-state index in [2.05, 4.69) is 83.4 Å². The number of sulfonamides is 3. The van der Waals surface area contributed by atoms with Crippen molar-refractivity contribution in [3.8, 4) is 36.4 Å². The van der Waals surface area contributed by atoms with E-state index in [1.165, 1.54) is 62.4 Å². The van der Waals surface area contributed by atoms with Crippen LogP contribution in [-0.4, -0.2) is 305 Å². The van der Waals surface area contributed by atoms with Gasteiger partial charge >= 0.3 is 0 Å². The van der Waals surface area contributed by atoms with Gasteiger partial charge in [0.2, 0.25) is 0 Å². The predicted molar refractivity (Wildman–Crippen MR) is 585 cm³/mol. The molecule has 804 valence electrons. The van der Waals surface area contributed by atoms with E-state index in [4.69, 9.17) is 9.47 Å². The molecule has 3 amide bonds. The molecule has 37 nitrogen and oxygen atoms in total. The van der Waals surface area contributed by atoms with E-state index < -0.39 is 84.4 Å². The number of ether oxygens (including phenoxy) is 2. The van der Waals surface area contributed by atoms with Gasteiger partial charge in [0.25, 0.3) is 47.8 Å². The number of likely N-dealkylation sites (N-methyl/N-ethyl adjacent to an activating group) is 2. The molecule has 6 unspecified atom stereocenters. The first kappa shape index (κ1) is 123. The van der Waals surface area contributed by atoms with Gasteiger partial charge in [-0.25, -0.2) is 39.4 Å². The lowest BCUT2D eigenvalue weighted by Crippen LogP contribution is -2.44. The van der Waals surface area contributed by atoms with Crippen LogP contribution in [0.3, 0.4) is 0 Å². The summed E-state index contributed by atoms with van der Waals surface area (Å²) in [6, 6.07) is 56.8. The molecule has 0 bridgehead atoms. The number of anilines is 6. The summed E-state index contributed by atoms with van der Waals surface area (Å²) in [4.78, 5) is 53.2. The van der Waals surface area contributed by atoms with Gasteiger partial charge in [-0.05, 0) is 234 Å². The van der Waals surface area contributed by atoms with Crippen LogP contribution in [0.2, 0.25) is 0 Å². The van der Waals surface area contributed by atoms with Crippen LogP contribution in [0.15, 0.2) is 177 Å². The number of aliphatic hydroxyl groups excluding tert-OH is 6. The van der Waals surface area contributed by atoms with Gasteiger partial charge in [0.1, 0.15) is 53.1 Å². The van der Waals surface area contributed by atoms with E-state index in [1.54, 1.807) is 81.5 Å². The predicted octanol–water partition coefficient (Wildman–Crippen LogP) is 9.32. The van der Waals surface area contributed by atoms with Gasteiger partial charge in [-0.2, -0.15) is 31.6 Å². The molecular formula is C109H148N20O17S3. The van der Waals surface area contributed by atoms with Crippen molar-refractivity contribution >= 4 is 118 Å². The Bertz CT molecular complexity index is 5740. The zero-order chi connectivity index (χ0) is 109. The average Bonchev–Trinajstić information content (AvgIpc) is 0.835. The van der Waals surface area contributed by atoms with Crippen molar-refractivity contribution < 1.29 is 79.7 Å². The monoisotopic (exact) mass is 2110 g/mol. The molecule has 6 fully saturated rings. The summed E-state index contributed by atoms with van der Waals surface area (Å²) in [5.74, 6) is -1.38.